The first-order valence-corrected chi connectivity index (χ1v) is 9.85. The van der Waals surface area contributed by atoms with Gasteiger partial charge in [0.05, 0.1) is 18.7 Å². The number of halogens is 2. The van der Waals surface area contributed by atoms with Gasteiger partial charge in [-0.1, -0.05) is 0 Å². The summed E-state index contributed by atoms with van der Waals surface area (Å²) in [4.78, 5) is 34.3. The molecule has 2 aliphatic rings. The lowest BCUT2D eigenvalue weighted by Gasteiger charge is -2.42. The molecule has 0 bridgehead atoms. The molecule has 2 amide bonds. The van der Waals surface area contributed by atoms with E-state index < -0.39 is 30.2 Å². The fourth-order valence-electron chi connectivity index (χ4n) is 4.15. The first-order valence-electron chi connectivity index (χ1n) is 9.85. The number of carbonyl (C=O) groups is 2. The van der Waals surface area contributed by atoms with Crippen LogP contribution in [0.15, 0.2) is 6.07 Å². The number of carbonyl (C=O) groups excluding carboxylic acids is 2. The molecule has 10 nitrogen and oxygen atoms in total. The van der Waals surface area contributed by atoms with Crippen molar-refractivity contribution in [3.8, 4) is 0 Å². The SMILES string of the molecule is Cc1cc(C(F)F)n2nc(C(=O)N[C@@H]3CCC[C@@H](N4CCNC(=O)C4)[C@@H]3O)nc2n1. The number of fused-ring (bicyclic) bond motifs is 1. The molecule has 0 unspecified atom stereocenters. The summed E-state index contributed by atoms with van der Waals surface area (Å²) >= 11 is 0. The van der Waals surface area contributed by atoms with E-state index in [9.17, 15) is 23.5 Å². The van der Waals surface area contributed by atoms with Crippen molar-refractivity contribution in [3.63, 3.8) is 0 Å². The predicted octanol–water partition coefficient (Wildman–Crippen LogP) is -0.186. The summed E-state index contributed by atoms with van der Waals surface area (Å²) in [6, 6.07) is 0.383. The average Bonchev–Trinajstić information content (AvgIpc) is 3.12. The molecule has 1 aliphatic heterocycles. The van der Waals surface area contributed by atoms with Crippen LogP contribution in [-0.4, -0.2) is 79.2 Å². The Labute approximate surface area is 170 Å². The Morgan fingerprint density at radius 1 is 1.37 bits per heavy atom. The number of hydrogen-bond donors (Lipinski definition) is 3. The quantitative estimate of drug-likeness (QED) is 0.623. The number of alkyl halides is 2. The monoisotopic (exact) mass is 423 g/mol. The Kier molecular flexibility index (Phi) is 5.60. The third-order valence-electron chi connectivity index (χ3n) is 5.57. The predicted molar refractivity (Wildman–Crippen MR) is 100.0 cm³/mol. The zero-order valence-electron chi connectivity index (χ0n) is 16.4. The van der Waals surface area contributed by atoms with E-state index in [1.165, 1.54) is 6.07 Å². The van der Waals surface area contributed by atoms with E-state index >= 15 is 0 Å². The third-order valence-corrected chi connectivity index (χ3v) is 5.57. The van der Waals surface area contributed by atoms with Crippen molar-refractivity contribution in [1.29, 1.82) is 0 Å². The van der Waals surface area contributed by atoms with Crippen LogP contribution >= 0.6 is 0 Å². The maximum absolute atomic E-state index is 13.3. The van der Waals surface area contributed by atoms with Gasteiger partial charge in [0.15, 0.2) is 0 Å². The number of amides is 2. The molecule has 2 fully saturated rings. The topological polar surface area (TPSA) is 125 Å². The van der Waals surface area contributed by atoms with Crippen molar-refractivity contribution < 1.29 is 23.5 Å². The molecule has 1 aliphatic carbocycles. The molecule has 12 heteroatoms. The van der Waals surface area contributed by atoms with Gasteiger partial charge in [-0.05, 0) is 32.3 Å². The van der Waals surface area contributed by atoms with Crippen molar-refractivity contribution in [2.24, 2.45) is 0 Å². The second-order valence-electron chi connectivity index (χ2n) is 7.66. The van der Waals surface area contributed by atoms with Gasteiger partial charge in [-0.3, -0.25) is 14.5 Å². The second-order valence-corrected chi connectivity index (χ2v) is 7.66. The molecular formula is C18H23F2N7O3. The summed E-state index contributed by atoms with van der Waals surface area (Å²) in [5.74, 6) is -1.14. The van der Waals surface area contributed by atoms with Crippen LogP contribution in [0.2, 0.25) is 0 Å². The number of nitrogens with one attached hydrogen (secondary N) is 2. The third kappa shape index (κ3) is 3.97. The minimum atomic E-state index is -2.80. The molecule has 162 valence electrons. The number of hydrogen-bond acceptors (Lipinski definition) is 7. The van der Waals surface area contributed by atoms with Crippen LogP contribution in [0.25, 0.3) is 5.78 Å². The van der Waals surface area contributed by atoms with Crippen LogP contribution in [-0.2, 0) is 4.79 Å². The molecule has 1 saturated heterocycles. The molecule has 30 heavy (non-hydrogen) atoms. The molecule has 0 spiro atoms. The minimum absolute atomic E-state index is 0.0863. The Morgan fingerprint density at radius 2 is 2.17 bits per heavy atom. The maximum Gasteiger partial charge on any atom is 0.291 e. The Morgan fingerprint density at radius 3 is 2.90 bits per heavy atom. The fraction of sp³-hybridized carbons (Fsp3) is 0.611. The number of aliphatic hydroxyl groups is 1. The maximum atomic E-state index is 13.3. The van der Waals surface area contributed by atoms with Gasteiger partial charge in [-0.25, -0.2) is 13.8 Å². The van der Waals surface area contributed by atoms with Crippen molar-refractivity contribution >= 4 is 17.6 Å². The van der Waals surface area contributed by atoms with E-state index in [1.54, 1.807) is 6.92 Å². The highest BCUT2D eigenvalue weighted by Gasteiger charge is 2.38. The van der Waals surface area contributed by atoms with Gasteiger partial charge < -0.3 is 15.7 Å². The smallest absolute Gasteiger partial charge is 0.291 e. The van der Waals surface area contributed by atoms with Crippen LogP contribution in [0.4, 0.5) is 8.78 Å². The molecule has 3 heterocycles. The average molecular weight is 423 g/mol. The number of aliphatic hydroxyl groups excluding tert-OH is 1. The summed E-state index contributed by atoms with van der Waals surface area (Å²) in [5.41, 5.74) is -0.0570. The summed E-state index contributed by atoms with van der Waals surface area (Å²) in [6.07, 6.45) is -1.64. The van der Waals surface area contributed by atoms with Crippen molar-refractivity contribution in [2.45, 2.75) is 50.8 Å². The zero-order chi connectivity index (χ0) is 21.4. The van der Waals surface area contributed by atoms with Crippen molar-refractivity contribution in [1.82, 2.24) is 35.1 Å². The van der Waals surface area contributed by atoms with Crippen LogP contribution in [0.1, 0.15) is 47.7 Å². The van der Waals surface area contributed by atoms with Gasteiger partial charge >= 0.3 is 0 Å². The van der Waals surface area contributed by atoms with E-state index in [0.29, 0.717) is 31.6 Å². The van der Waals surface area contributed by atoms with E-state index in [-0.39, 0.29) is 30.1 Å². The molecule has 0 radical (unpaired) electrons. The molecular weight excluding hydrogens is 400 g/mol. The van der Waals surface area contributed by atoms with Gasteiger partial charge in [0.25, 0.3) is 18.1 Å². The molecule has 0 aromatic carbocycles. The van der Waals surface area contributed by atoms with Crippen LogP contribution in [0.3, 0.4) is 0 Å². The van der Waals surface area contributed by atoms with E-state index in [0.717, 1.165) is 10.9 Å². The number of piperazine rings is 1. The number of nitrogens with zero attached hydrogens (tertiary/aromatic N) is 5. The Balaban J connectivity index is 1.50. The lowest BCUT2D eigenvalue weighted by atomic mass is 9.86. The van der Waals surface area contributed by atoms with E-state index in [2.05, 4.69) is 25.7 Å². The lowest BCUT2D eigenvalue weighted by molar-refractivity contribution is -0.126. The standard InChI is InChI=1S/C18H23F2N7O3/c1-9-7-12(15(19)20)27-18(22-9)24-16(25-27)17(30)23-10-3-2-4-11(14(10)29)26-6-5-21-13(28)8-26/h7,10-11,14-15,29H,2-6,8H2,1H3,(H,21,28)(H,23,30)/t10-,11-,14-/m1/s1. The first kappa shape index (κ1) is 20.5. The normalized spacial score (nSPS) is 25.5. The lowest BCUT2D eigenvalue weighted by Crippen LogP contribution is -2.60. The van der Waals surface area contributed by atoms with E-state index in [1.807, 2.05) is 4.90 Å². The molecule has 3 atom stereocenters. The summed E-state index contributed by atoms with van der Waals surface area (Å²) in [5, 5.41) is 20.2. The molecule has 3 N–H and O–H groups in total. The van der Waals surface area contributed by atoms with Gasteiger partial charge in [0.1, 0.15) is 5.69 Å². The van der Waals surface area contributed by atoms with Gasteiger partial charge in [-0.15, -0.1) is 5.10 Å². The minimum Gasteiger partial charge on any atom is -0.389 e. The molecule has 2 aromatic rings. The van der Waals surface area contributed by atoms with Crippen molar-refractivity contribution in [2.75, 3.05) is 19.6 Å². The highest BCUT2D eigenvalue weighted by Crippen LogP contribution is 2.25. The molecule has 2 aromatic heterocycles. The van der Waals surface area contributed by atoms with Gasteiger partial charge in [0.2, 0.25) is 11.7 Å². The highest BCUT2D eigenvalue weighted by molar-refractivity contribution is 5.91. The Hall–Kier alpha value is -2.73. The van der Waals surface area contributed by atoms with Gasteiger partial charge in [0, 0.05) is 24.8 Å². The summed E-state index contributed by atoms with van der Waals surface area (Å²) < 4.78 is 27.4. The first-order chi connectivity index (χ1) is 14.3. The fourth-order valence-corrected chi connectivity index (χ4v) is 4.15. The van der Waals surface area contributed by atoms with Crippen molar-refractivity contribution in [3.05, 3.63) is 23.3 Å². The Bertz CT molecular complexity index is 967. The number of aromatic nitrogens is 4. The number of rotatable bonds is 4. The van der Waals surface area contributed by atoms with Crippen LogP contribution in [0, 0.1) is 6.92 Å². The largest absolute Gasteiger partial charge is 0.389 e. The molecule has 4 rings (SSSR count). The summed E-state index contributed by atoms with van der Waals surface area (Å²) in [6.45, 7) is 2.91. The van der Waals surface area contributed by atoms with Crippen LogP contribution in [0.5, 0.6) is 0 Å². The highest BCUT2D eigenvalue weighted by atomic mass is 19.3. The van der Waals surface area contributed by atoms with Gasteiger partial charge in [-0.2, -0.15) is 9.50 Å². The zero-order valence-corrected chi connectivity index (χ0v) is 16.4. The molecule has 1 saturated carbocycles. The number of aryl methyl sites for hydroxylation is 1. The summed E-state index contributed by atoms with van der Waals surface area (Å²) in [7, 11) is 0. The van der Waals surface area contributed by atoms with Crippen LogP contribution < -0.4 is 10.6 Å². The second kappa shape index (κ2) is 8.19. The van der Waals surface area contributed by atoms with E-state index in [4.69, 9.17) is 0 Å².